The van der Waals surface area contributed by atoms with Crippen LogP contribution in [0, 0.1) is 19.7 Å². The van der Waals surface area contributed by atoms with E-state index in [4.69, 9.17) is 9.15 Å². The number of halogens is 1. The van der Waals surface area contributed by atoms with Gasteiger partial charge in [0.05, 0.1) is 24.0 Å². The largest absolute Gasteiger partial charge is 0.411 e. The van der Waals surface area contributed by atoms with Crippen LogP contribution in [0.1, 0.15) is 34.7 Å². The lowest BCUT2D eigenvalue weighted by atomic mass is 10.2. The van der Waals surface area contributed by atoms with Gasteiger partial charge in [-0.2, -0.15) is 0 Å². The van der Waals surface area contributed by atoms with Crippen molar-refractivity contribution in [2.75, 3.05) is 19.5 Å². The van der Waals surface area contributed by atoms with E-state index in [0.717, 1.165) is 23.1 Å². The fourth-order valence-electron chi connectivity index (χ4n) is 3.27. The summed E-state index contributed by atoms with van der Waals surface area (Å²) in [6.07, 6.45) is 0. The second kappa shape index (κ2) is 8.70. The summed E-state index contributed by atoms with van der Waals surface area (Å²) in [6, 6.07) is 8.21. The fraction of sp³-hybridized carbons (Fsp3) is 0.350. The molecule has 0 fully saturated rings. The van der Waals surface area contributed by atoms with Gasteiger partial charge in [0.25, 0.3) is 11.1 Å². The SMILES string of the molecule is COC[C@@H](C)n1c(C)cc(C(=O)CSc2nnc(-c3ccccc3F)o2)c1C. The Morgan fingerprint density at radius 3 is 2.79 bits per heavy atom. The molecule has 3 aromatic rings. The Kier molecular flexibility index (Phi) is 6.31. The van der Waals surface area contributed by atoms with Crippen molar-refractivity contribution in [3.63, 3.8) is 0 Å². The number of thioether (sulfide) groups is 1. The topological polar surface area (TPSA) is 70.2 Å². The lowest BCUT2D eigenvalue weighted by Crippen LogP contribution is -2.14. The van der Waals surface area contributed by atoms with Gasteiger partial charge in [0, 0.05) is 24.1 Å². The van der Waals surface area contributed by atoms with Crippen molar-refractivity contribution in [1.82, 2.24) is 14.8 Å². The van der Waals surface area contributed by atoms with E-state index in [1.54, 1.807) is 25.3 Å². The Labute approximate surface area is 167 Å². The van der Waals surface area contributed by atoms with Crippen molar-refractivity contribution >= 4 is 17.5 Å². The number of ether oxygens (including phenoxy) is 1. The van der Waals surface area contributed by atoms with Crippen LogP contribution in [0.5, 0.6) is 0 Å². The highest BCUT2D eigenvalue weighted by Crippen LogP contribution is 2.27. The summed E-state index contributed by atoms with van der Waals surface area (Å²) in [7, 11) is 1.66. The van der Waals surface area contributed by atoms with Gasteiger partial charge in [0.1, 0.15) is 5.82 Å². The van der Waals surface area contributed by atoms with Gasteiger partial charge in [-0.3, -0.25) is 4.79 Å². The molecule has 2 aromatic heterocycles. The molecular weight excluding hydrogens is 381 g/mol. The number of benzene rings is 1. The number of hydrogen-bond acceptors (Lipinski definition) is 6. The minimum Gasteiger partial charge on any atom is -0.411 e. The number of aromatic nitrogens is 3. The minimum atomic E-state index is -0.434. The molecule has 0 amide bonds. The third kappa shape index (κ3) is 4.18. The highest BCUT2D eigenvalue weighted by atomic mass is 32.2. The Morgan fingerprint density at radius 2 is 2.07 bits per heavy atom. The van der Waals surface area contributed by atoms with Crippen molar-refractivity contribution in [2.24, 2.45) is 0 Å². The first-order valence-electron chi connectivity index (χ1n) is 8.84. The highest BCUT2D eigenvalue weighted by molar-refractivity contribution is 7.99. The van der Waals surface area contributed by atoms with Crippen LogP contribution < -0.4 is 0 Å². The van der Waals surface area contributed by atoms with Crippen LogP contribution >= 0.6 is 11.8 Å². The van der Waals surface area contributed by atoms with Crippen LogP contribution in [0.3, 0.4) is 0 Å². The third-order valence-corrected chi connectivity index (χ3v) is 5.29. The zero-order valence-electron chi connectivity index (χ0n) is 16.2. The van der Waals surface area contributed by atoms with E-state index in [-0.39, 0.29) is 34.3 Å². The molecule has 0 saturated heterocycles. The molecule has 148 valence electrons. The maximum absolute atomic E-state index is 13.8. The highest BCUT2D eigenvalue weighted by Gasteiger charge is 2.20. The average Bonchev–Trinajstić information content (AvgIpc) is 3.24. The lowest BCUT2D eigenvalue weighted by Gasteiger charge is -2.17. The molecule has 8 heteroatoms. The smallest absolute Gasteiger partial charge is 0.277 e. The zero-order chi connectivity index (χ0) is 20.3. The quantitative estimate of drug-likeness (QED) is 0.408. The third-order valence-electron chi connectivity index (χ3n) is 4.47. The predicted molar refractivity (Wildman–Crippen MR) is 105 cm³/mol. The molecule has 0 aliphatic carbocycles. The van der Waals surface area contributed by atoms with E-state index < -0.39 is 5.82 Å². The summed E-state index contributed by atoms with van der Waals surface area (Å²) in [5, 5.41) is 8.00. The van der Waals surface area contributed by atoms with E-state index in [9.17, 15) is 9.18 Å². The minimum absolute atomic E-state index is 0.0281. The number of hydrogen-bond donors (Lipinski definition) is 0. The van der Waals surface area contributed by atoms with Gasteiger partial charge in [0.2, 0.25) is 0 Å². The van der Waals surface area contributed by atoms with Crippen molar-refractivity contribution in [3.05, 3.63) is 53.1 Å². The normalized spacial score (nSPS) is 12.3. The van der Waals surface area contributed by atoms with Gasteiger partial charge in [-0.1, -0.05) is 23.9 Å². The number of aryl methyl sites for hydroxylation is 1. The Balaban J connectivity index is 1.70. The van der Waals surface area contributed by atoms with Crippen LogP contribution in [0.25, 0.3) is 11.5 Å². The molecule has 0 N–H and O–H groups in total. The number of Topliss-reactive ketones (excluding diaryl/α,β-unsaturated/α-hetero) is 1. The Hall–Kier alpha value is -2.45. The van der Waals surface area contributed by atoms with Gasteiger partial charge in [-0.15, -0.1) is 10.2 Å². The van der Waals surface area contributed by atoms with Crippen LogP contribution in [-0.2, 0) is 4.74 Å². The molecule has 28 heavy (non-hydrogen) atoms. The molecule has 0 saturated carbocycles. The van der Waals surface area contributed by atoms with E-state index in [1.807, 2.05) is 19.9 Å². The molecule has 0 aliphatic rings. The molecule has 0 bridgehead atoms. The van der Waals surface area contributed by atoms with E-state index in [0.29, 0.717) is 12.2 Å². The van der Waals surface area contributed by atoms with Gasteiger partial charge < -0.3 is 13.7 Å². The standard InChI is InChI=1S/C20H22FN3O3S/c1-12-9-16(14(3)24(12)13(2)10-26-4)18(25)11-28-20-23-22-19(27-20)15-7-5-6-8-17(15)21/h5-9,13H,10-11H2,1-4H3/t13-/m1/s1. The summed E-state index contributed by atoms with van der Waals surface area (Å²) in [4.78, 5) is 12.7. The van der Waals surface area contributed by atoms with Crippen LogP contribution in [0.2, 0.25) is 0 Å². The first-order valence-corrected chi connectivity index (χ1v) is 9.82. The zero-order valence-corrected chi connectivity index (χ0v) is 17.0. The van der Waals surface area contributed by atoms with Gasteiger partial charge >= 0.3 is 0 Å². The number of methoxy groups -OCH3 is 1. The Bertz CT molecular complexity index is 983. The van der Waals surface area contributed by atoms with Crippen molar-refractivity contribution in [1.29, 1.82) is 0 Å². The summed E-state index contributed by atoms with van der Waals surface area (Å²) in [6.45, 7) is 6.52. The molecule has 0 radical (unpaired) electrons. The molecule has 1 aromatic carbocycles. The number of carbonyl (C=O) groups excluding carboxylic acids is 1. The van der Waals surface area contributed by atoms with E-state index >= 15 is 0 Å². The first-order chi connectivity index (χ1) is 13.4. The second-order valence-corrected chi connectivity index (χ2v) is 7.45. The molecular formula is C20H22FN3O3S. The van der Waals surface area contributed by atoms with Crippen LogP contribution in [0.4, 0.5) is 4.39 Å². The number of rotatable bonds is 8. The molecule has 0 unspecified atom stereocenters. The number of carbonyl (C=O) groups is 1. The molecule has 0 spiro atoms. The van der Waals surface area contributed by atoms with Crippen molar-refractivity contribution in [2.45, 2.75) is 32.0 Å². The van der Waals surface area contributed by atoms with Crippen molar-refractivity contribution < 1.29 is 18.3 Å². The fourth-order valence-corrected chi connectivity index (χ4v) is 3.92. The van der Waals surface area contributed by atoms with E-state index in [2.05, 4.69) is 21.7 Å². The lowest BCUT2D eigenvalue weighted by molar-refractivity contribution is 0.102. The second-order valence-electron chi connectivity index (χ2n) is 6.52. The molecule has 6 nitrogen and oxygen atoms in total. The summed E-state index contributed by atoms with van der Waals surface area (Å²) >= 11 is 1.14. The molecule has 1 atom stereocenters. The molecule has 2 heterocycles. The molecule has 3 rings (SSSR count). The van der Waals surface area contributed by atoms with Crippen LogP contribution in [0.15, 0.2) is 40.0 Å². The first kappa shape index (κ1) is 20.3. The van der Waals surface area contributed by atoms with Crippen LogP contribution in [-0.4, -0.2) is 40.0 Å². The number of ketones is 1. The monoisotopic (exact) mass is 403 g/mol. The summed E-state index contributed by atoms with van der Waals surface area (Å²) < 4.78 is 26.6. The maximum atomic E-state index is 13.8. The number of nitrogens with zero attached hydrogens (tertiary/aromatic N) is 3. The van der Waals surface area contributed by atoms with E-state index in [1.165, 1.54) is 6.07 Å². The molecule has 0 aliphatic heterocycles. The van der Waals surface area contributed by atoms with Crippen molar-refractivity contribution in [3.8, 4) is 11.5 Å². The summed E-state index contributed by atoms with van der Waals surface area (Å²) in [5.74, 6) is -0.211. The summed E-state index contributed by atoms with van der Waals surface area (Å²) in [5.41, 5.74) is 2.82. The van der Waals surface area contributed by atoms with Gasteiger partial charge in [-0.05, 0) is 39.0 Å². The van der Waals surface area contributed by atoms with Gasteiger partial charge in [-0.25, -0.2) is 4.39 Å². The van der Waals surface area contributed by atoms with Gasteiger partial charge in [0.15, 0.2) is 5.78 Å². The maximum Gasteiger partial charge on any atom is 0.277 e. The Morgan fingerprint density at radius 1 is 1.32 bits per heavy atom. The predicted octanol–water partition coefficient (Wildman–Crippen LogP) is 4.48. The average molecular weight is 403 g/mol.